The van der Waals surface area contributed by atoms with Crippen LogP contribution in [-0.2, 0) is 0 Å². The van der Waals surface area contributed by atoms with Crippen molar-refractivity contribution in [1.82, 2.24) is 14.6 Å². The number of aromatic amines is 1. The van der Waals surface area contributed by atoms with Gasteiger partial charge in [0.05, 0.1) is 18.5 Å². The third-order valence-electron chi connectivity index (χ3n) is 4.40. The second-order valence-corrected chi connectivity index (χ2v) is 6.19. The van der Waals surface area contributed by atoms with Crippen LogP contribution in [0.25, 0.3) is 5.69 Å². The van der Waals surface area contributed by atoms with E-state index in [0.717, 1.165) is 30.5 Å². The molecule has 0 bridgehead atoms. The summed E-state index contributed by atoms with van der Waals surface area (Å²) in [5.41, 5.74) is -0.599. The van der Waals surface area contributed by atoms with Gasteiger partial charge in [0.25, 0.3) is 5.56 Å². The lowest BCUT2D eigenvalue weighted by Gasteiger charge is -2.24. The monoisotopic (exact) mass is 358 g/mol. The summed E-state index contributed by atoms with van der Waals surface area (Å²) in [5.74, 6) is 0.191. The first-order chi connectivity index (χ1) is 12.5. The van der Waals surface area contributed by atoms with Crippen LogP contribution in [0.5, 0.6) is 11.6 Å². The molecule has 3 rings (SSSR count). The number of piperidine rings is 1. The smallest absolute Gasteiger partial charge is 0.335 e. The number of hydrogen-bond acceptors (Lipinski definition) is 6. The minimum atomic E-state index is -0.716. The molecule has 1 saturated heterocycles. The van der Waals surface area contributed by atoms with Gasteiger partial charge >= 0.3 is 5.69 Å². The van der Waals surface area contributed by atoms with Gasteiger partial charge in [0, 0.05) is 13.1 Å². The van der Waals surface area contributed by atoms with E-state index in [-0.39, 0.29) is 5.56 Å². The highest BCUT2D eigenvalue weighted by molar-refractivity contribution is 6.00. The molecule has 2 heterocycles. The summed E-state index contributed by atoms with van der Waals surface area (Å²) >= 11 is 0. The van der Waals surface area contributed by atoms with Gasteiger partial charge in [0.2, 0.25) is 5.88 Å². The molecule has 0 atom stereocenters. The number of hydrazone groups is 1. The van der Waals surface area contributed by atoms with Crippen molar-refractivity contribution in [2.24, 2.45) is 5.10 Å². The van der Waals surface area contributed by atoms with Gasteiger partial charge in [0.15, 0.2) is 0 Å². The second kappa shape index (κ2) is 7.47. The number of methoxy groups -OCH3 is 1. The molecule has 138 valence electrons. The molecular weight excluding hydrogens is 336 g/mol. The van der Waals surface area contributed by atoms with Gasteiger partial charge in [-0.3, -0.25) is 14.8 Å². The fourth-order valence-corrected chi connectivity index (χ4v) is 3.06. The van der Waals surface area contributed by atoms with Crippen molar-refractivity contribution in [1.29, 1.82) is 0 Å². The summed E-state index contributed by atoms with van der Waals surface area (Å²) in [7, 11) is 1.54. The highest BCUT2D eigenvalue weighted by Crippen LogP contribution is 2.20. The Morgan fingerprint density at radius 1 is 1.15 bits per heavy atom. The largest absolute Gasteiger partial charge is 0.497 e. The molecule has 1 aromatic carbocycles. The van der Waals surface area contributed by atoms with Crippen molar-refractivity contribution in [2.75, 3.05) is 20.2 Å². The predicted molar refractivity (Wildman–Crippen MR) is 98.5 cm³/mol. The molecule has 8 nitrogen and oxygen atoms in total. The lowest BCUT2D eigenvalue weighted by molar-refractivity contribution is 0.239. The van der Waals surface area contributed by atoms with E-state index in [1.165, 1.54) is 13.5 Å². The first-order valence-electron chi connectivity index (χ1n) is 8.54. The van der Waals surface area contributed by atoms with Crippen molar-refractivity contribution in [2.45, 2.75) is 26.2 Å². The van der Waals surface area contributed by atoms with Crippen LogP contribution in [0.4, 0.5) is 0 Å². The van der Waals surface area contributed by atoms with Crippen molar-refractivity contribution < 1.29 is 9.84 Å². The Morgan fingerprint density at radius 2 is 1.81 bits per heavy atom. The molecule has 0 unspecified atom stereocenters. The Labute approximate surface area is 150 Å². The van der Waals surface area contributed by atoms with Crippen LogP contribution in [0.15, 0.2) is 39.0 Å². The number of rotatable bonds is 4. The van der Waals surface area contributed by atoms with Crippen LogP contribution < -0.4 is 16.0 Å². The van der Waals surface area contributed by atoms with Gasteiger partial charge in [0.1, 0.15) is 11.3 Å². The van der Waals surface area contributed by atoms with Crippen LogP contribution in [0.1, 0.15) is 31.7 Å². The van der Waals surface area contributed by atoms with E-state index in [4.69, 9.17) is 4.74 Å². The average Bonchev–Trinajstić information content (AvgIpc) is 2.62. The quantitative estimate of drug-likeness (QED) is 0.806. The number of benzene rings is 1. The van der Waals surface area contributed by atoms with Crippen LogP contribution in [-0.4, -0.2) is 45.6 Å². The zero-order valence-electron chi connectivity index (χ0n) is 14.9. The highest BCUT2D eigenvalue weighted by Gasteiger charge is 2.19. The average molecular weight is 358 g/mol. The van der Waals surface area contributed by atoms with Crippen LogP contribution >= 0.6 is 0 Å². The van der Waals surface area contributed by atoms with E-state index >= 15 is 0 Å². The molecule has 2 aromatic rings. The zero-order chi connectivity index (χ0) is 18.7. The van der Waals surface area contributed by atoms with E-state index in [0.29, 0.717) is 17.1 Å². The van der Waals surface area contributed by atoms with Gasteiger partial charge in [-0.2, -0.15) is 5.10 Å². The Hall–Kier alpha value is -3.03. The topological polar surface area (TPSA) is 99.9 Å². The third-order valence-corrected chi connectivity index (χ3v) is 4.40. The van der Waals surface area contributed by atoms with Gasteiger partial charge in [-0.15, -0.1) is 0 Å². The van der Waals surface area contributed by atoms with E-state index in [1.54, 1.807) is 31.2 Å². The van der Waals surface area contributed by atoms with Crippen molar-refractivity contribution >= 4 is 5.71 Å². The minimum absolute atomic E-state index is 0.00834. The molecule has 1 aliphatic rings. The highest BCUT2D eigenvalue weighted by atomic mass is 16.5. The van der Waals surface area contributed by atoms with E-state index in [1.807, 2.05) is 5.01 Å². The fraction of sp³-hybridized carbons (Fsp3) is 0.389. The molecule has 1 fully saturated rings. The first kappa shape index (κ1) is 17.8. The predicted octanol–water partition coefficient (Wildman–Crippen LogP) is 1.45. The Bertz CT molecular complexity index is 922. The Balaban J connectivity index is 2.07. The number of H-pyrrole nitrogens is 1. The number of nitrogens with one attached hydrogen (secondary N) is 1. The third kappa shape index (κ3) is 3.49. The number of nitrogens with zero attached hydrogens (tertiary/aromatic N) is 3. The summed E-state index contributed by atoms with van der Waals surface area (Å²) in [4.78, 5) is 26.8. The molecular formula is C18H22N4O4. The maximum atomic E-state index is 12.3. The number of aromatic nitrogens is 2. The van der Waals surface area contributed by atoms with Crippen molar-refractivity contribution in [3.05, 3.63) is 50.7 Å². The zero-order valence-corrected chi connectivity index (χ0v) is 14.9. The maximum Gasteiger partial charge on any atom is 0.335 e. The summed E-state index contributed by atoms with van der Waals surface area (Å²) < 4.78 is 6.15. The first-order valence-corrected chi connectivity index (χ1v) is 8.54. The normalized spacial score (nSPS) is 15.2. The Morgan fingerprint density at radius 3 is 2.42 bits per heavy atom. The van der Waals surface area contributed by atoms with E-state index in [9.17, 15) is 14.7 Å². The fourth-order valence-electron chi connectivity index (χ4n) is 3.06. The second-order valence-electron chi connectivity index (χ2n) is 6.19. The molecule has 0 saturated carbocycles. The summed E-state index contributed by atoms with van der Waals surface area (Å²) in [6.45, 7) is 3.28. The van der Waals surface area contributed by atoms with E-state index in [2.05, 4.69) is 10.1 Å². The molecule has 1 aliphatic heterocycles. The van der Waals surface area contributed by atoms with Crippen LogP contribution in [0.3, 0.4) is 0 Å². The summed E-state index contributed by atoms with van der Waals surface area (Å²) in [6.07, 6.45) is 3.26. The number of aromatic hydroxyl groups is 1. The maximum absolute atomic E-state index is 12.3. The van der Waals surface area contributed by atoms with Crippen molar-refractivity contribution in [3.63, 3.8) is 0 Å². The molecule has 0 amide bonds. The van der Waals surface area contributed by atoms with Crippen LogP contribution in [0.2, 0.25) is 0 Å². The Kier molecular flexibility index (Phi) is 5.11. The molecule has 0 radical (unpaired) electrons. The van der Waals surface area contributed by atoms with Gasteiger partial charge in [-0.25, -0.2) is 9.36 Å². The lowest BCUT2D eigenvalue weighted by Crippen LogP contribution is -2.34. The summed E-state index contributed by atoms with van der Waals surface area (Å²) in [5, 5.41) is 17.0. The molecule has 2 N–H and O–H groups in total. The lowest BCUT2D eigenvalue weighted by atomic mass is 10.1. The number of ether oxygens (including phenoxy) is 1. The molecule has 0 aliphatic carbocycles. The SMILES string of the molecule is COc1ccc(-n2c(O)c(/C(C)=N/N3CCCCC3)c(=O)[nH]c2=O)cc1. The minimum Gasteiger partial charge on any atom is -0.497 e. The van der Waals surface area contributed by atoms with Gasteiger partial charge in [-0.1, -0.05) is 0 Å². The van der Waals surface area contributed by atoms with Gasteiger partial charge in [-0.05, 0) is 50.5 Å². The molecule has 26 heavy (non-hydrogen) atoms. The van der Waals surface area contributed by atoms with Crippen LogP contribution in [0, 0.1) is 0 Å². The molecule has 8 heteroatoms. The number of hydrogen-bond donors (Lipinski definition) is 2. The summed E-state index contributed by atoms with van der Waals surface area (Å²) in [6, 6.07) is 6.58. The molecule has 1 aromatic heterocycles. The standard InChI is InChI=1S/C18H22N4O4/c1-12(20-21-10-4-3-5-11-21)15-16(23)19-18(25)22(17(15)24)13-6-8-14(26-2)9-7-13/h6-9,24H,3-5,10-11H2,1-2H3,(H,19,23,25)/b20-12+. The van der Waals surface area contributed by atoms with E-state index < -0.39 is 17.1 Å². The molecule has 0 spiro atoms. The van der Waals surface area contributed by atoms with Gasteiger partial charge < -0.3 is 9.84 Å². The van der Waals surface area contributed by atoms with Crippen molar-refractivity contribution in [3.8, 4) is 17.3 Å².